The Labute approximate surface area is 231 Å². The van der Waals surface area contributed by atoms with E-state index in [1.807, 2.05) is 31.2 Å². The van der Waals surface area contributed by atoms with Gasteiger partial charge in [-0.2, -0.15) is 5.10 Å². The first-order chi connectivity index (χ1) is 18.8. The maximum atomic E-state index is 12.6. The maximum absolute atomic E-state index is 12.6. The van der Waals surface area contributed by atoms with E-state index < -0.39 is 17.8 Å². The van der Waals surface area contributed by atoms with Gasteiger partial charge in [-0.15, -0.1) is 11.3 Å². The topological polar surface area (TPSA) is 115 Å². The molecule has 0 saturated heterocycles. The molecule has 9 nitrogen and oxygen atoms in total. The van der Waals surface area contributed by atoms with E-state index in [4.69, 9.17) is 14.2 Å². The monoisotopic (exact) mass is 549 g/mol. The van der Waals surface area contributed by atoms with E-state index in [-0.39, 0.29) is 6.61 Å². The fourth-order valence-electron chi connectivity index (χ4n) is 4.26. The average Bonchev–Trinajstić information content (AvgIpc) is 3.52. The molecule has 0 radical (unpaired) electrons. The molecule has 10 heteroatoms. The molecule has 0 atom stereocenters. The third-order valence-corrected chi connectivity index (χ3v) is 7.59. The van der Waals surface area contributed by atoms with Gasteiger partial charge in [0.1, 0.15) is 11.6 Å². The van der Waals surface area contributed by atoms with Crippen LogP contribution in [0.2, 0.25) is 0 Å². The van der Waals surface area contributed by atoms with Crippen LogP contribution >= 0.6 is 11.3 Å². The van der Waals surface area contributed by atoms with Gasteiger partial charge in [0.25, 0.3) is 0 Å². The zero-order chi connectivity index (χ0) is 27.9. The molecular formula is C29H31N3O6S. The number of benzene rings is 2. The van der Waals surface area contributed by atoms with Crippen molar-refractivity contribution in [2.75, 3.05) is 19.0 Å². The number of hydrazone groups is 1. The lowest BCUT2D eigenvalue weighted by Gasteiger charge is -2.13. The molecule has 204 valence electrons. The van der Waals surface area contributed by atoms with Gasteiger partial charge in [0, 0.05) is 10.4 Å². The summed E-state index contributed by atoms with van der Waals surface area (Å²) < 4.78 is 16.6. The minimum absolute atomic E-state index is 0.218. The molecule has 3 aromatic rings. The fraction of sp³-hybridized carbons (Fsp3) is 0.310. The molecule has 1 heterocycles. The molecule has 1 aliphatic rings. The third-order valence-electron chi connectivity index (χ3n) is 6.39. The Morgan fingerprint density at radius 2 is 1.85 bits per heavy atom. The first-order valence-electron chi connectivity index (χ1n) is 12.6. The number of aryl methyl sites for hydroxylation is 2. The summed E-state index contributed by atoms with van der Waals surface area (Å²) in [7, 11) is 1.54. The minimum atomic E-state index is -0.956. The summed E-state index contributed by atoms with van der Waals surface area (Å²) in [6.45, 7) is 6.06. The van der Waals surface area contributed by atoms with Crippen molar-refractivity contribution < 1.29 is 28.6 Å². The molecular weight excluding hydrogens is 518 g/mol. The van der Waals surface area contributed by atoms with Crippen LogP contribution in [0.15, 0.2) is 47.6 Å². The van der Waals surface area contributed by atoms with Crippen molar-refractivity contribution >= 4 is 39.8 Å². The van der Waals surface area contributed by atoms with Gasteiger partial charge in [-0.1, -0.05) is 24.3 Å². The van der Waals surface area contributed by atoms with E-state index in [0.29, 0.717) is 39.9 Å². The fourth-order valence-corrected chi connectivity index (χ4v) is 5.53. The van der Waals surface area contributed by atoms with Crippen molar-refractivity contribution in [2.24, 2.45) is 5.10 Å². The molecule has 0 bridgehead atoms. The molecule has 0 saturated carbocycles. The lowest BCUT2D eigenvalue weighted by atomic mass is 10.1. The summed E-state index contributed by atoms with van der Waals surface area (Å²) in [4.78, 5) is 38.6. The number of hydrogen-bond donors (Lipinski definition) is 2. The number of methoxy groups -OCH3 is 1. The highest BCUT2D eigenvalue weighted by Gasteiger charge is 2.29. The third kappa shape index (κ3) is 6.46. The SMILES string of the molecule is CCOC(=O)c1c(NC(=O)C(=O)NN=C(C)c2ccc(OCc3ccccc3C)c(OC)c2)sc2c1CCC2. The quantitative estimate of drug-likeness (QED) is 0.172. The Morgan fingerprint density at radius 3 is 2.59 bits per heavy atom. The summed E-state index contributed by atoms with van der Waals surface area (Å²) >= 11 is 1.30. The highest BCUT2D eigenvalue weighted by Crippen LogP contribution is 2.39. The smallest absolute Gasteiger partial charge is 0.341 e. The van der Waals surface area contributed by atoms with Gasteiger partial charge in [-0.3, -0.25) is 9.59 Å². The normalized spacial score (nSPS) is 12.5. The van der Waals surface area contributed by atoms with Gasteiger partial charge < -0.3 is 19.5 Å². The predicted molar refractivity (Wildman–Crippen MR) is 150 cm³/mol. The number of carbonyl (C=O) groups excluding carboxylic acids is 3. The highest BCUT2D eigenvalue weighted by atomic mass is 32.1. The lowest BCUT2D eigenvalue weighted by molar-refractivity contribution is -0.136. The van der Waals surface area contributed by atoms with E-state index in [1.54, 1.807) is 39.2 Å². The molecule has 0 unspecified atom stereocenters. The molecule has 2 aromatic carbocycles. The van der Waals surface area contributed by atoms with E-state index in [1.165, 1.54) is 11.3 Å². The van der Waals surface area contributed by atoms with Crippen LogP contribution < -0.4 is 20.2 Å². The van der Waals surface area contributed by atoms with Crippen LogP contribution in [0.3, 0.4) is 0 Å². The Balaban J connectivity index is 1.41. The van der Waals surface area contributed by atoms with E-state index in [9.17, 15) is 14.4 Å². The maximum Gasteiger partial charge on any atom is 0.341 e. The summed E-state index contributed by atoms with van der Waals surface area (Å²) in [5.41, 5.74) is 6.86. The number of anilines is 1. The highest BCUT2D eigenvalue weighted by molar-refractivity contribution is 7.17. The van der Waals surface area contributed by atoms with E-state index in [0.717, 1.165) is 40.8 Å². The average molecular weight is 550 g/mol. The van der Waals surface area contributed by atoms with Gasteiger partial charge in [-0.05, 0) is 74.9 Å². The number of esters is 1. The molecule has 4 rings (SSSR count). The first kappa shape index (κ1) is 27.8. The van der Waals surface area contributed by atoms with Crippen molar-refractivity contribution in [3.8, 4) is 11.5 Å². The zero-order valence-electron chi connectivity index (χ0n) is 22.4. The Hall–Kier alpha value is -4.18. The molecule has 2 amide bonds. The Kier molecular flexibility index (Phi) is 8.98. The van der Waals surface area contributed by atoms with Crippen molar-refractivity contribution in [3.63, 3.8) is 0 Å². The van der Waals surface area contributed by atoms with Crippen molar-refractivity contribution in [3.05, 3.63) is 75.2 Å². The summed E-state index contributed by atoms with van der Waals surface area (Å²) in [5, 5.41) is 6.96. The second kappa shape index (κ2) is 12.6. The van der Waals surface area contributed by atoms with Gasteiger partial charge in [0.05, 0.1) is 25.0 Å². The summed E-state index contributed by atoms with van der Waals surface area (Å²) in [5.74, 6) is -1.29. The number of thiophene rings is 1. The van der Waals surface area contributed by atoms with E-state index in [2.05, 4.69) is 15.8 Å². The number of nitrogens with one attached hydrogen (secondary N) is 2. The number of hydrogen-bond acceptors (Lipinski definition) is 8. The van der Waals surface area contributed by atoms with Crippen LogP contribution in [0, 0.1) is 6.92 Å². The van der Waals surface area contributed by atoms with Gasteiger partial charge in [0.15, 0.2) is 11.5 Å². The molecule has 1 aromatic heterocycles. The number of ether oxygens (including phenoxy) is 3. The van der Waals surface area contributed by atoms with Gasteiger partial charge in [-0.25, -0.2) is 10.2 Å². The van der Waals surface area contributed by atoms with Crippen LogP contribution in [0.25, 0.3) is 0 Å². The summed E-state index contributed by atoms with van der Waals surface area (Å²) in [6, 6.07) is 13.3. The number of rotatable bonds is 9. The van der Waals surface area contributed by atoms with Crippen molar-refractivity contribution in [2.45, 2.75) is 46.6 Å². The molecule has 0 aliphatic heterocycles. The molecule has 2 N–H and O–H groups in total. The molecule has 1 aliphatic carbocycles. The number of fused-ring (bicyclic) bond motifs is 1. The predicted octanol–water partition coefficient (Wildman–Crippen LogP) is 4.79. The molecule has 0 fully saturated rings. The second-order valence-electron chi connectivity index (χ2n) is 8.96. The van der Waals surface area contributed by atoms with Crippen LogP contribution in [-0.4, -0.2) is 37.2 Å². The van der Waals surface area contributed by atoms with Crippen molar-refractivity contribution in [1.82, 2.24) is 5.43 Å². The van der Waals surface area contributed by atoms with Gasteiger partial charge in [0.2, 0.25) is 0 Å². The van der Waals surface area contributed by atoms with Crippen molar-refractivity contribution in [1.29, 1.82) is 0 Å². The van der Waals surface area contributed by atoms with E-state index >= 15 is 0 Å². The number of nitrogens with zero attached hydrogens (tertiary/aromatic N) is 1. The van der Waals surface area contributed by atoms with Crippen LogP contribution in [-0.2, 0) is 33.8 Å². The standard InChI is InChI=1S/C29H31N3O6S/c1-5-37-29(35)25-21-11-8-12-24(21)39-28(25)30-26(33)27(34)32-31-18(3)19-13-14-22(23(15-19)36-4)38-16-20-10-7-6-9-17(20)2/h6-7,9-10,13-15H,5,8,11-12,16H2,1-4H3,(H,30,33)(H,32,34). The molecule has 0 spiro atoms. The number of amides is 2. The Morgan fingerprint density at radius 1 is 1.05 bits per heavy atom. The zero-order valence-corrected chi connectivity index (χ0v) is 23.2. The Bertz CT molecular complexity index is 1430. The minimum Gasteiger partial charge on any atom is -0.493 e. The van der Waals surface area contributed by atoms with Gasteiger partial charge >= 0.3 is 17.8 Å². The number of carbonyl (C=O) groups is 3. The first-order valence-corrected chi connectivity index (χ1v) is 13.5. The lowest BCUT2D eigenvalue weighted by Crippen LogP contribution is -2.33. The van der Waals surface area contributed by atoms with Crippen LogP contribution in [0.1, 0.15) is 57.8 Å². The van der Waals surface area contributed by atoms with Crippen LogP contribution in [0.4, 0.5) is 5.00 Å². The molecule has 39 heavy (non-hydrogen) atoms. The second-order valence-corrected chi connectivity index (χ2v) is 10.1. The summed E-state index contributed by atoms with van der Waals surface area (Å²) in [6.07, 6.45) is 2.52. The van der Waals surface area contributed by atoms with Crippen LogP contribution in [0.5, 0.6) is 11.5 Å². The largest absolute Gasteiger partial charge is 0.493 e.